The fraction of sp³-hybridized carbons (Fsp3) is 0.200. The van der Waals surface area contributed by atoms with Gasteiger partial charge in [0.1, 0.15) is 23.1 Å². The number of fused-ring (bicyclic) bond motifs is 1. The minimum atomic E-state index is -0.652. The molecule has 0 fully saturated rings. The molecule has 2 amide bonds. The third-order valence-electron chi connectivity index (χ3n) is 7.63. The van der Waals surface area contributed by atoms with Gasteiger partial charge in [-0.2, -0.15) is 10.4 Å². The Balaban J connectivity index is 1.42. The van der Waals surface area contributed by atoms with E-state index in [0.29, 0.717) is 56.8 Å². The Morgan fingerprint density at radius 3 is 2.60 bits per heavy atom. The van der Waals surface area contributed by atoms with Crippen LogP contribution in [0, 0.1) is 11.3 Å². The van der Waals surface area contributed by atoms with Crippen molar-refractivity contribution >= 4 is 29.5 Å². The molecule has 2 aliphatic heterocycles. The average Bonchev–Trinajstić information content (AvgIpc) is 3.70. The zero-order valence-corrected chi connectivity index (χ0v) is 25.5. The molecule has 0 aliphatic carbocycles. The number of aromatic nitrogens is 2. The molecular weight excluding hydrogens is 592 g/mol. The monoisotopic (exact) mass is 620 g/mol. The van der Waals surface area contributed by atoms with Crippen LogP contribution >= 0.6 is 11.6 Å². The fourth-order valence-electron chi connectivity index (χ4n) is 5.17. The van der Waals surface area contributed by atoms with E-state index in [4.69, 9.17) is 30.9 Å². The van der Waals surface area contributed by atoms with Gasteiger partial charge in [0.25, 0.3) is 11.8 Å². The van der Waals surface area contributed by atoms with Crippen LogP contribution in [0.2, 0.25) is 5.02 Å². The number of para-hydroxylation sites is 1. The Kier molecular flexibility index (Phi) is 8.41. The highest BCUT2D eigenvalue weighted by Gasteiger charge is 2.36. The van der Waals surface area contributed by atoms with Gasteiger partial charge in [0.15, 0.2) is 11.5 Å². The second-order valence-electron chi connectivity index (χ2n) is 10.6. The van der Waals surface area contributed by atoms with Crippen LogP contribution in [0.1, 0.15) is 37.8 Å². The number of hydrogen-bond acceptors (Lipinski definition) is 7. The van der Waals surface area contributed by atoms with Crippen molar-refractivity contribution in [2.45, 2.75) is 33.2 Å². The molecule has 1 aromatic heterocycles. The summed E-state index contributed by atoms with van der Waals surface area (Å²) in [6, 6.07) is 22.3. The molecule has 0 radical (unpaired) electrons. The highest BCUT2D eigenvalue weighted by Crippen LogP contribution is 2.36. The lowest BCUT2D eigenvalue weighted by atomic mass is 9.93. The van der Waals surface area contributed by atoms with E-state index in [1.54, 1.807) is 41.9 Å². The molecule has 0 N–H and O–H groups in total. The van der Waals surface area contributed by atoms with Crippen molar-refractivity contribution in [1.82, 2.24) is 14.7 Å². The minimum absolute atomic E-state index is 0.0463. The van der Waals surface area contributed by atoms with Crippen LogP contribution in [0.4, 0.5) is 0 Å². The number of amides is 2. The SMILES string of the molecule is CCCCOc1ccc(-c2nn(-c3ccccc3)cc2/C=C2/C(=O)N(Cc3ccc4c(c3)OCO4)C(=O)C(C#N)=C2C)cc1Cl. The summed E-state index contributed by atoms with van der Waals surface area (Å²) in [6.07, 6.45) is 5.40. The molecule has 0 saturated heterocycles. The van der Waals surface area contributed by atoms with Crippen molar-refractivity contribution in [2.24, 2.45) is 0 Å². The van der Waals surface area contributed by atoms with Gasteiger partial charge in [-0.15, -0.1) is 0 Å². The van der Waals surface area contributed by atoms with Crippen molar-refractivity contribution in [1.29, 1.82) is 5.26 Å². The zero-order chi connectivity index (χ0) is 31.5. The number of hydrogen-bond donors (Lipinski definition) is 0. The number of unbranched alkanes of at least 4 members (excludes halogenated alkanes) is 1. The minimum Gasteiger partial charge on any atom is -0.492 e. The maximum atomic E-state index is 14.0. The predicted octanol–water partition coefficient (Wildman–Crippen LogP) is 6.89. The second-order valence-corrected chi connectivity index (χ2v) is 11.0. The number of ether oxygens (including phenoxy) is 3. The van der Waals surface area contributed by atoms with Crippen LogP contribution in [-0.2, 0) is 16.1 Å². The summed E-state index contributed by atoms with van der Waals surface area (Å²) in [4.78, 5) is 28.4. The van der Waals surface area contributed by atoms with Gasteiger partial charge in [0.2, 0.25) is 6.79 Å². The third-order valence-corrected chi connectivity index (χ3v) is 7.92. The van der Waals surface area contributed by atoms with E-state index in [9.17, 15) is 14.9 Å². The molecule has 0 unspecified atom stereocenters. The van der Waals surface area contributed by atoms with Gasteiger partial charge in [0, 0.05) is 22.9 Å². The largest absolute Gasteiger partial charge is 0.492 e. The van der Waals surface area contributed by atoms with Gasteiger partial charge in [-0.3, -0.25) is 14.5 Å². The summed E-state index contributed by atoms with van der Waals surface area (Å²) in [5.41, 5.74) is 3.76. The summed E-state index contributed by atoms with van der Waals surface area (Å²) in [5, 5.41) is 15.3. The molecule has 0 spiro atoms. The molecule has 10 heteroatoms. The molecule has 2 aliphatic rings. The average molecular weight is 621 g/mol. The normalized spacial score (nSPS) is 15.2. The summed E-state index contributed by atoms with van der Waals surface area (Å²) in [5.74, 6) is 0.526. The van der Waals surface area contributed by atoms with Crippen LogP contribution in [0.3, 0.4) is 0 Å². The van der Waals surface area contributed by atoms with E-state index >= 15 is 0 Å². The summed E-state index contributed by atoms with van der Waals surface area (Å²) < 4.78 is 18.4. The van der Waals surface area contributed by atoms with Gasteiger partial charge in [-0.1, -0.05) is 49.2 Å². The molecule has 0 atom stereocenters. The van der Waals surface area contributed by atoms with E-state index in [1.165, 1.54) is 0 Å². The Hall–Kier alpha value is -5.33. The molecule has 45 heavy (non-hydrogen) atoms. The standard InChI is InChI=1S/C35H29ClN4O5/c1-3-4-14-43-30-13-11-24(17-29(30)36)33-25(20-40(38-33)26-8-6-5-7-9-26)16-27-22(2)28(18-37)35(42)39(34(27)41)19-23-10-12-31-32(15-23)45-21-44-31/h5-13,15-17,20H,3-4,14,19,21H2,1-2H3/b27-16+. The lowest BCUT2D eigenvalue weighted by Gasteiger charge is -2.27. The third kappa shape index (κ3) is 5.93. The first-order chi connectivity index (χ1) is 21.9. The lowest BCUT2D eigenvalue weighted by Crippen LogP contribution is -2.42. The maximum Gasteiger partial charge on any atom is 0.271 e. The van der Waals surface area contributed by atoms with Crippen LogP contribution in [-0.4, -0.2) is 39.9 Å². The molecule has 3 heterocycles. The predicted molar refractivity (Wildman–Crippen MR) is 169 cm³/mol. The number of nitrogens with zero attached hydrogens (tertiary/aromatic N) is 4. The summed E-state index contributed by atoms with van der Waals surface area (Å²) >= 11 is 6.62. The first-order valence-corrected chi connectivity index (χ1v) is 14.9. The quantitative estimate of drug-likeness (QED) is 0.114. The van der Waals surface area contributed by atoms with E-state index < -0.39 is 11.8 Å². The molecule has 0 bridgehead atoms. The van der Waals surface area contributed by atoms with Gasteiger partial charge >= 0.3 is 0 Å². The van der Waals surface area contributed by atoms with E-state index in [1.807, 2.05) is 54.7 Å². The van der Waals surface area contributed by atoms with Crippen LogP contribution in [0.5, 0.6) is 17.2 Å². The first-order valence-electron chi connectivity index (χ1n) is 14.5. The fourth-order valence-corrected chi connectivity index (χ4v) is 5.41. The second kappa shape index (κ2) is 12.7. The maximum absolute atomic E-state index is 14.0. The number of imide groups is 1. The highest BCUT2D eigenvalue weighted by molar-refractivity contribution is 6.32. The van der Waals surface area contributed by atoms with Crippen molar-refractivity contribution in [3.8, 4) is 40.3 Å². The van der Waals surface area contributed by atoms with E-state index in [2.05, 4.69) is 6.92 Å². The zero-order valence-electron chi connectivity index (χ0n) is 24.7. The van der Waals surface area contributed by atoms with Gasteiger partial charge in [-0.05, 0) is 73.0 Å². The number of carbonyl (C=O) groups is 2. The first kappa shape index (κ1) is 29.7. The summed E-state index contributed by atoms with van der Waals surface area (Å²) in [7, 11) is 0. The van der Waals surface area contributed by atoms with Crippen LogP contribution in [0.25, 0.3) is 23.0 Å². The van der Waals surface area contributed by atoms with Gasteiger partial charge in [-0.25, -0.2) is 4.68 Å². The lowest BCUT2D eigenvalue weighted by molar-refractivity contribution is -0.141. The number of halogens is 1. The summed E-state index contributed by atoms with van der Waals surface area (Å²) in [6.45, 7) is 4.32. The molecule has 9 nitrogen and oxygen atoms in total. The topological polar surface area (TPSA) is 107 Å². The molecule has 0 saturated carbocycles. The smallest absolute Gasteiger partial charge is 0.271 e. The highest BCUT2D eigenvalue weighted by atomic mass is 35.5. The molecule has 4 aromatic rings. The van der Waals surface area contributed by atoms with Crippen LogP contribution < -0.4 is 14.2 Å². The number of benzene rings is 3. The van der Waals surface area contributed by atoms with E-state index in [-0.39, 0.29) is 24.5 Å². The number of rotatable bonds is 9. The number of carbonyl (C=O) groups excluding carboxylic acids is 2. The van der Waals surface area contributed by atoms with Crippen molar-refractivity contribution in [3.63, 3.8) is 0 Å². The van der Waals surface area contributed by atoms with Crippen molar-refractivity contribution < 1.29 is 23.8 Å². The Bertz CT molecular complexity index is 1900. The molecular formula is C35H29ClN4O5. The van der Waals surface area contributed by atoms with Crippen LogP contribution in [0.15, 0.2) is 89.6 Å². The molecule has 226 valence electrons. The number of nitriles is 1. The Morgan fingerprint density at radius 2 is 1.84 bits per heavy atom. The Morgan fingerprint density at radius 1 is 1.04 bits per heavy atom. The van der Waals surface area contributed by atoms with Gasteiger partial charge in [0.05, 0.1) is 23.9 Å². The van der Waals surface area contributed by atoms with Crippen molar-refractivity contribution in [2.75, 3.05) is 13.4 Å². The van der Waals surface area contributed by atoms with Crippen molar-refractivity contribution in [3.05, 3.63) is 106 Å². The molecule has 6 rings (SSSR count). The molecule has 3 aromatic carbocycles. The van der Waals surface area contributed by atoms with E-state index in [0.717, 1.165) is 23.4 Å². The van der Waals surface area contributed by atoms with Gasteiger partial charge < -0.3 is 14.2 Å². The Labute approximate surface area is 265 Å².